The third kappa shape index (κ3) is 5.77. The fourth-order valence-corrected chi connectivity index (χ4v) is 4.23. The van der Waals surface area contributed by atoms with Gasteiger partial charge in [-0.2, -0.15) is 0 Å². The lowest BCUT2D eigenvalue weighted by molar-refractivity contribution is 0.198. The maximum absolute atomic E-state index is 5.99. The van der Waals surface area contributed by atoms with Crippen LogP contribution in [-0.4, -0.2) is 53.0 Å². The zero-order valence-electron chi connectivity index (χ0n) is 18.3. The van der Waals surface area contributed by atoms with E-state index in [0.29, 0.717) is 6.04 Å². The van der Waals surface area contributed by atoms with E-state index in [1.807, 2.05) is 25.4 Å². The SMILES string of the molecule is CN=C(NCCc1cn2cccc(C)c2n1)NC1CCN(Cc2ccc(Cl)cc2)CC1. The zero-order valence-corrected chi connectivity index (χ0v) is 19.1. The zero-order chi connectivity index (χ0) is 21.6. The van der Waals surface area contributed by atoms with Gasteiger partial charge < -0.3 is 15.0 Å². The molecule has 1 saturated heterocycles. The standard InChI is InChI=1S/C24H31ClN6/c1-18-4-3-13-31-17-22(28-23(18)31)9-12-27-24(26-2)29-21-10-14-30(15-11-21)16-19-5-7-20(25)8-6-19/h3-8,13,17,21H,9-12,14-16H2,1-2H3,(H2,26,27,29). The van der Waals surface area contributed by atoms with Crippen LogP contribution in [0.1, 0.15) is 29.7 Å². The molecule has 1 fully saturated rings. The molecule has 31 heavy (non-hydrogen) atoms. The molecule has 0 atom stereocenters. The van der Waals surface area contributed by atoms with Crippen molar-refractivity contribution in [2.45, 2.75) is 38.8 Å². The third-order valence-electron chi connectivity index (χ3n) is 5.87. The van der Waals surface area contributed by atoms with E-state index in [1.54, 1.807) is 0 Å². The van der Waals surface area contributed by atoms with Crippen molar-refractivity contribution in [2.24, 2.45) is 4.99 Å². The summed E-state index contributed by atoms with van der Waals surface area (Å²) in [6.07, 6.45) is 7.24. The predicted molar refractivity (Wildman–Crippen MR) is 128 cm³/mol. The maximum Gasteiger partial charge on any atom is 0.191 e. The van der Waals surface area contributed by atoms with Crippen LogP contribution in [-0.2, 0) is 13.0 Å². The Morgan fingerprint density at radius 1 is 1.19 bits per heavy atom. The summed E-state index contributed by atoms with van der Waals surface area (Å²) in [5, 5.41) is 7.83. The van der Waals surface area contributed by atoms with Crippen LogP contribution >= 0.6 is 11.6 Å². The van der Waals surface area contributed by atoms with Gasteiger partial charge in [0.2, 0.25) is 0 Å². The van der Waals surface area contributed by atoms with Gasteiger partial charge in [-0.15, -0.1) is 0 Å². The molecule has 2 aromatic heterocycles. The van der Waals surface area contributed by atoms with Crippen molar-refractivity contribution in [3.8, 4) is 0 Å². The number of benzene rings is 1. The molecule has 164 valence electrons. The van der Waals surface area contributed by atoms with Crippen molar-refractivity contribution in [1.82, 2.24) is 24.9 Å². The van der Waals surface area contributed by atoms with Crippen LogP contribution in [0, 0.1) is 6.92 Å². The predicted octanol–water partition coefficient (Wildman–Crippen LogP) is 3.67. The summed E-state index contributed by atoms with van der Waals surface area (Å²) < 4.78 is 2.09. The number of aromatic nitrogens is 2. The molecular formula is C24H31ClN6. The molecule has 0 unspecified atom stereocenters. The van der Waals surface area contributed by atoms with Gasteiger partial charge in [-0.3, -0.25) is 9.89 Å². The molecule has 7 heteroatoms. The number of hydrogen-bond donors (Lipinski definition) is 2. The molecule has 2 N–H and O–H groups in total. The first-order chi connectivity index (χ1) is 15.1. The number of aryl methyl sites for hydroxylation is 1. The Bertz CT molecular complexity index is 1020. The summed E-state index contributed by atoms with van der Waals surface area (Å²) in [4.78, 5) is 11.7. The van der Waals surface area contributed by atoms with Gasteiger partial charge in [-0.25, -0.2) is 4.98 Å². The summed E-state index contributed by atoms with van der Waals surface area (Å²) in [6.45, 7) is 6.04. The van der Waals surface area contributed by atoms with E-state index in [-0.39, 0.29) is 0 Å². The fourth-order valence-electron chi connectivity index (χ4n) is 4.11. The summed E-state index contributed by atoms with van der Waals surface area (Å²) in [5.74, 6) is 0.871. The lowest BCUT2D eigenvalue weighted by atomic mass is 10.0. The molecule has 0 spiro atoms. The third-order valence-corrected chi connectivity index (χ3v) is 6.12. The summed E-state index contributed by atoms with van der Waals surface area (Å²) in [7, 11) is 1.83. The summed E-state index contributed by atoms with van der Waals surface area (Å²) in [6, 6.07) is 12.8. The van der Waals surface area contributed by atoms with Crippen LogP contribution in [0.5, 0.6) is 0 Å². The minimum Gasteiger partial charge on any atom is -0.356 e. The molecule has 4 rings (SSSR count). The highest BCUT2D eigenvalue weighted by Crippen LogP contribution is 2.16. The Balaban J connectivity index is 1.20. The molecule has 0 radical (unpaired) electrons. The van der Waals surface area contributed by atoms with Gasteiger partial charge >= 0.3 is 0 Å². The average Bonchev–Trinajstić information content (AvgIpc) is 3.20. The number of nitrogens with zero attached hydrogens (tertiary/aromatic N) is 4. The number of halogens is 1. The largest absolute Gasteiger partial charge is 0.356 e. The monoisotopic (exact) mass is 438 g/mol. The number of guanidine groups is 1. The Morgan fingerprint density at radius 3 is 2.68 bits per heavy atom. The van der Waals surface area contributed by atoms with Gasteiger partial charge in [0.15, 0.2) is 5.96 Å². The van der Waals surface area contributed by atoms with Crippen LogP contribution in [0.2, 0.25) is 5.02 Å². The van der Waals surface area contributed by atoms with E-state index < -0.39 is 0 Å². The van der Waals surface area contributed by atoms with E-state index in [1.165, 1.54) is 11.1 Å². The number of imidazole rings is 1. The summed E-state index contributed by atoms with van der Waals surface area (Å²) in [5.41, 5.74) is 4.63. The van der Waals surface area contributed by atoms with Crippen molar-refractivity contribution in [2.75, 3.05) is 26.7 Å². The van der Waals surface area contributed by atoms with E-state index >= 15 is 0 Å². The van der Waals surface area contributed by atoms with Crippen LogP contribution in [0.25, 0.3) is 5.65 Å². The molecule has 0 bridgehead atoms. The van der Waals surface area contributed by atoms with Crippen LogP contribution in [0.4, 0.5) is 0 Å². The Labute approximate surface area is 189 Å². The quantitative estimate of drug-likeness (QED) is 0.455. The smallest absolute Gasteiger partial charge is 0.191 e. The molecular weight excluding hydrogens is 408 g/mol. The molecule has 6 nitrogen and oxygen atoms in total. The number of rotatable bonds is 6. The number of piperidine rings is 1. The molecule has 0 aliphatic carbocycles. The normalized spacial score (nSPS) is 16.0. The molecule has 1 aliphatic rings. The minimum absolute atomic E-state index is 0.450. The van der Waals surface area contributed by atoms with Crippen molar-refractivity contribution in [1.29, 1.82) is 0 Å². The number of hydrogen-bond acceptors (Lipinski definition) is 3. The molecule has 1 aromatic carbocycles. The first-order valence-electron chi connectivity index (χ1n) is 11.0. The van der Waals surface area contributed by atoms with Crippen molar-refractivity contribution < 1.29 is 0 Å². The highest BCUT2D eigenvalue weighted by molar-refractivity contribution is 6.30. The van der Waals surface area contributed by atoms with Crippen LogP contribution < -0.4 is 10.6 Å². The number of nitrogens with one attached hydrogen (secondary N) is 2. The second-order valence-electron chi connectivity index (χ2n) is 8.22. The van der Waals surface area contributed by atoms with Gasteiger partial charge in [0, 0.05) is 63.1 Å². The van der Waals surface area contributed by atoms with Crippen LogP contribution in [0.3, 0.4) is 0 Å². The molecule has 0 amide bonds. The second kappa shape index (κ2) is 10.2. The first-order valence-corrected chi connectivity index (χ1v) is 11.4. The molecule has 0 saturated carbocycles. The highest BCUT2D eigenvalue weighted by Gasteiger charge is 2.20. The number of fused-ring (bicyclic) bond motifs is 1. The van der Waals surface area contributed by atoms with Gasteiger partial charge in [0.25, 0.3) is 0 Å². The first kappa shape index (κ1) is 21.7. The molecule has 1 aliphatic heterocycles. The van der Waals surface area contributed by atoms with Crippen molar-refractivity contribution in [3.05, 3.63) is 70.6 Å². The number of aliphatic imine (C=N–C) groups is 1. The number of pyridine rings is 1. The molecule has 3 aromatic rings. The Hall–Kier alpha value is -2.57. The lowest BCUT2D eigenvalue weighted by Crippen LogP contribution is -2.48. The maximum atomic E-state index is 5.99. The van der Waals surface area contributed by atoms with Gasteiger partial charge in [0.05, 0.1) is 5.69 Å². The van der Waals surface area contributed by atoms with E-state index in [4.69, 9.17) is 16.6 Å². The van der Waals surface area contributed by atoms with Crippen molar-refractivity contribution >= 4 is 23.2 Å². The average molecular weight is 439 g/mol. The lowest BCUT2D eigenvalue weighted by Gasteiger charge is -2.33. The van der Waals surface area contributed by atoms with E-state index in [0.717, 1.165) is 67.8 Å². The van der Waals surface area contributed by atoms with Gasteiger partial charge in [-0.1, -0.05) is 29.8 Å². The topological polar surface area (TPSA) is 57.0 Å². The van der Waals surface area contributed by atoms with Gasteiger partial charge in [0.1, 0.15) is 5.65 Å². The second-order valence-corrected chi connectivity index (χ2v) is 8.66. The van der Waals surface area contributed by atoms with E-state index in [2.05, 4.69) is 62.3 Å². The van der Waals surface area contributed by atoms with Crippen LogP contribution in [0.15, 0.2) is 53.8 Å². The minimum atomic E-state index is 0.450. The summed E-state index contributed by atoms with van der Waals surface area (Å²) >= 11 is 5.99. The Kier molecular flexibility index (Phi) is 7.10. The van der Waals surface area contributed by atoms with Gasteiger partial charge in [-0.05, 0) is 49.1 Å². The van der Waals surface area contributed by atoms with Crippen molar-refractivity contribution in [3.63, 3.8) is 0 Å². The van der Waals surface area contributed by atoms with E-state index in [9.17, 15) is 0 Å². The fraction of sp³-hybridized carbons (Fsp3) is 0.417. The molecule has 3 heterocycles. The highest BCUT2D eigenvalue weighted by atomic mass is 35.5. The Morgan fingerprint density at radius 2 is 1.97 bits per heavy atom. The number of likely N-dealkylation sites (tertiary alicyclic amines) is 1.